The molecular formula is C17H21N3O3. The molecule has 1 aliphatic rings. The molecule has 1 aromatic carbocycles. The van der Waals surface area contributed by atoms with Crippen molar-refractivity contribution in [1.82, 2.24) is 9.88 Å². The van der Waals surface area contributed by atoms with E-state index in [4.69, 9.17) is 5.73 Å². The molecule has 3 rings (SSSR count). The number of fused-ring (bicyclic) bond motifs is 1. The van der Waals surface area contributed by atoms with E-state index in [1.165, 1.54) is 0 Å². The predicted molar refractivity (Wildman–Crippen MR) is 87.8 cm³/mol. The van der Waals surface area contributed by atoms with Crippen LogP contribution in [0, 0.1) is 5.92 Å². The number of aliphatic hydroxyl groups is 1. The summed E-state index contributed by atoms with van der Waals surface area (Å²) in [6, 6.07) is 9.63. The molecule has 2 aromatic rings. The van der Waals surface area contributed by atoms with Crippen LogP contribution in [0.2, 0.25) is 0 Å². The van der Waals surface area contributed by atoms with Crippen LogP contribution in [-0.2, 0) is 11.3 Å². The number of aromatic nitrogens is 1. The molecule has 1 atom stereocenters. The van der Waals surface area contributed by atoms with Gasteiger partial charge in [0.05, 0.1) is 0 Å². The smallest absolute Gasteiger partial charge is 0.252 e. The number of nitrogens with zero attached hydrogens (tertiary/aromatic N) is 1. The average Bonchev–Trinajstić information content (AvgIpc) is 2.55. The number of benzene rings is 1. The fraction of sp³-hybridized carbons (Fsp3) is 0.412. The van der Waals surface area contributed by atoms with Crippen LogP contribution in [0.4, 0.5) is 0 Å². The second-order valence-electron chi connectivity index (χ2n) is 6.17. The lowest BCUT2D eigenvalue weighted by Gasteiger charge is -2.33. The Hall–Kier alpha value is -2.18. The van der Waals surface area contributed by atoms with Crippen molar-refractivity contribution in [2.75, 3.05) is 13.1 Å². The number of aromatic amines is 1. The molecular weight excluding hydrogens is 294 g/mol. The SMILES string of the molecule is NC(=O)C(O)C1CCN(Cc2cc3ccccc3[nH]c2=O)CC1. The number of para-hydroxylation sites is 1. The third-order valence-electron chi connectivity index (χ3n) is 4.59. The van der Waals surface area contributed by atoms with Gasteiger partial charge in [0, 0.05) is 17.6 Å². The molecule has 6 nitrogen and oxygen atoms in total. The summed E-state index contributed by atoms with van der Waals surface area (Å²) in [4.78, 5) is 28.3. The summed E-state index contributed by atoms with van der Waals surface area (Å²) in [5.41, 5.74) is 6.65. The molecule has 0 aliphatic carbocycles. The maximum absolute atomic E-state index is 12.2. The first-order chi connectivity index (χ1) is 11.0. The fourth-order valence-electron chi connectivity index (χ4n) is 3.21. The Morgan fingerprint density at radius 1 is 1.35 bits per heavy atom. The molecule has 1 saturated heterocycles. The zero-order valence-electron chi connectivity index (χ0n) is 12.9. The summed E-state index contributed by atoms with van der Waals surface area (Å²) in [6.45, 7) is 2.04. The van der Waals surface area contributed by atoms with Gasteiger partial charge in [-0.15, -0.1) is 0 Å². The normalized spacial score (nSPS) is 18.1. The van der Waals surface area contributed by atoms with Gasteiger partial charge in [-0.3, -0.25) is 14.5 Å². The first kappa shape index (κ1) is 15.7. The Morgan fingerprint density at radius 3 is 2.74 bits per heavy atom. The zero-order valence-corrected chi connectivity index (χ0v) is 12.9. The lowest BCUT2D eigenvalue weighted by atomic mass is 9.90. The molecule has 0 bridgehead atoms. The standard InChI is InChI=1S/C17H21N3O3/c18-16(22)15(21)11-5-7-20(8-6-11)10-13-9-12-3-1-2-4-14(12)19-17(13)23/h1-4,9,11,15,21H,5-8,10H2,(H2,18,22)(H,19,23). The number of hydrogen-bond acceptors (Lipinski definition) is 4. The maximum atomic E-state index is 12.2. The van der Waals surface area contributed by atoms with E-state index in [-0.39, 0.29) is 11.5 Å². The monoisotopic (exact) mass is 315 g/mol. The molecule has 1 unspecified atom stereocenters. The highest BCUT2D eigenvalue weighted by molar-refractivity contribution is 5.79. The third kappa shape index (κ3) is 3.43. The topological polar surface area (TPSA) is 99.4 Å². The van der Waals surface area contributed by atoms with Crippen LogP contribution in [0.5, 0.6) is 0 Å². The van der Waals surface area contributed by atoms with Gasteiger partial charge in [-0.25, -0.2) is 0 Å². The first-order valence-corrected chi connectivity index (χ1v) is 7.85. The van der Waals surface area contributed by atoms with Crippen molar-refractivity contribution in [2.24, 2.45) is 11.7 Å². The van der Waals surface area contributed by atoms with E-state index < -0.39 is 12.0 Å². The summed E-state index contributed by atoms with van der Waals surface area (Å²) in [7, 11) is 0. The largest absolute Gasteiger partial charge is 0.383 e. The predicted octanol–water partition coefficient (Wildman–Crippen LogP) is 0.586. The van der Waals surface area contributed by atoms with Crippen LogP contribution >= 0.6 is 0 Å². The maximum Gasteiger partial charge on any atom is 0.252 e. The number of piperidine rings is 1. The summed E-state index contributed by atoms with van der Waals surface area (Å²) >= 11 is 0. The van der Waals surface area contributed by atoms with Gasteiger partial charge in [-0.1, -0.05) is 18.2 Å². The number of nitrogens with two attached hydrogens (primary N) is 1. The number of likely N-dealkylation sites (tertiary alicyclic amines) is 1. The van der Waals surface area contributed by atoms with Crippen molar-refractivity contribution in [3.63, 3.8) is 0 Å². The minimum atomic E-state index is -1.07. The molecule has 6 heteroatoms. The highest BCUT2D eigenvalue weighted by atomic mass is 16.3. The van der Waals surface area contributed by atoms with Gasteiger partial charge in [0.15, 0.2) is 0 Å². The number of carbonyl (C=O) groups is 1. The number of hydrogen-bond donors (Lipinski definition) is 3. The van der Waals surface area contributed by atoms with Crippen molar-refractivity contribution >= 4 is 16.8 Å². The minimum absolute atomic E-state index is 0.0667. The molecule has 1 aliphatic heterocycles. The van der Waals surface area contributed by atoms with Gasteiger partial charge in [0.25, 0.3) is 5.56 Å². The van der Waals surface area contributed by atoms with E-state index in [9.17, 15) is 14.7 Å². The highest BCUT2D eigenvalue weighted by Gasteiger charge is 2.28. The van der Waals surface area contributed by atoms with Gasteiger partial charge in [0.2, 0.25) is 5.91 Å². The van der Waals surface area contributed by atoms with E-state index in [1.54, 1.807) is 0 Å². The van der Waals surface area contributed by atoms with Crippen molar-refractivity contribution in [2.45, 2.75) is 25.5 Å². The number of H-pyrrole nitrogens is 1. The Labute approximate surface area is 133 Å². The van der Waals surface area contributed by atoms with Crippen molar-refractivity contribution in [1.29, 1.82) is 0 Å². The number of primary amides is 1. The molecule has 23 heavy (non-hydrogen) atoms. The summed E-state index contributed by atoms with van der Waals surface area (Å²) in [5, 5.41) is 10.8. The molecule has 0 saturated carbocycles. The molecule has 0 spiro atoms. The van der Waals surface area contributed by atoms with Crippen molar-refractivity contribution < 1.29 is 9.90 Å². The average molecular weight is 315 g/mol. The molecule has 2 heterocycles. The summed E-state index contributed by atoms with van der Waals surface area (Å²) in [5.74, 6) is -0.743. The molecule has 0 radical (unpaired) electrons. The quantitative estimate of drug-likeness (QED) is 0.768. The van der Waals surface area contributed by atoms with Crippen LogP contribution in [0.1, 0.15) is 18.4 Å². The molecule has 1 fully saturated rings. The van der Waals surface area contributed by atoms with Crippen LogP contribution in [0.25, 0.3) is 10.9 Å². The number of aliphatic hydroxyl groups excluding tert-OH is 1. The number of rotatable bonds is 4. The Kier molecular flexibility index (Phi) is 4.45. The number of carbonyl (C=O) groups excluding carboxylic acids is 1. The molecule has 4 N–H and O–H groups in total. The van der Waals surface area contributed by atoms with E-state index in [1.807, 2.05) is 30.3 Å². The number of pyridine rings is 1. The third-order valence-corrected chi connectivity index (χ3v) is 4.59. The van der Waals surface area contributed by atoms with Gasteiger partial charge >= 0.3 is 0 Å². The summed E-state index contributed by atoms with van der Waals surface area (Å²) < 4.78 is 0. The van der Waals surface area contributed by atoms with E-state index in [0.717, 1.165) is 29.6 Å². The van der Waals surface area contributed by atoms with E-state index in [2.05, 4.69) is 9.88 Å². The second kappa shape index (κ2) is 6.52. The molecule has 122 valence electrons. The number of amides is 1. The second-order valence-corrected chi connectivity index (χ2v) is 6.17. The highest BCUT2D eigenvalue weighted by Crippen LogP contribution is 2.22. The van der Waals surface area contributed by atoms with Crippen LogP contribution in [-0.4, -0.2) is 40.1 Å². The van der Waals surface area contributed by atoms with Crippen LogP contribution < -0.4 is 11.3 Å². The van der Waals surface area contributed by atoms with Gasteiger partial charge in [0.1, 0.15) is 6.10 Å². The fourth-order valence-corrected chi connectivity index (χ4v) is 3.21. The van der Waals surface area contributed by atoms with Gasteiger partial charge in [-0.2, -0.15) is 0 Å². The summed E-state index contributed by atoms with van der Waals surface area (Å²) in [6.07, 6.45) is 0.340. The lowest BCUT2D eigenvalue weighted by Crippen LogP contribution is -2.42. The Balaban J connectivity index is 1.68. The van der Waals surface area contributed by atoms with Crippen molar-refractivity contribution in [3.8, 4) is 0 Å². The first-order valence-electron chi connectivity index (χ1n) is 7.85. The Bertz CT molecular complexity index is 763. The van der Waals surface area contributed by atoms with E-state index >= 15 is 0 Å². The molecule has 1 amide bonds. The van der Waals surface area contributed by atoms with E-state index in [0.29, 0.717) is 19.4 Å². The van der Waals surface area contributed by atoms with Crippen LogP contribution in [0.3, 0.4) is 0 Å². The zero-order chi connectivity index (χ0) is 16.4. The van der Waals surface area contributed by atoms with Gasteiger partial charge < -0.3 is 15.8 Å². The van der Waals surface area contributed by atoms with Crippen molar-refractivity contribution in [3.05, 3.63) is 46.2 Å². The molecule has 1 aromatic heterocycles. The van der Waals surface area contributed by atoms with Gasteiger partial charge in [-0.05, 0) is 49.4 Å². The number of nitrogens with one attached hydrogen (secondary N) is 1. The Morgan fingerprint density at radius 2 is 2.04 bits per heavy atom. The lowest BCUT2D eigenvalue weighted by molar-refractivity contribution is -0.129. The van der Waals surface area contributed by atoms with Crippen LogP contribution in [0.15, 0.2) is 35.1 Å². The minimum Gasteiger partial charge on any atom is -0.383 e.